The second kappa shape index (κ2) is 5.77. The number of aryl methyl sites for hydroxylation is 1. The first kappa shape index (κ1) is 15.4. The van der Waals surface area contributed by atoms with Crippen molar-refractivity contribution in [2.75, 3.05) is 17.2 Å². The van der Waals surface area contributed by atoms with E-state index < -0.39 is 0 Å². The Balaban J connectivity index is 1.60. The van der Waals surface area contributed by atoms with Crippen molar-refractivity contribution in [2.45, 2.75) is 37.9 Å². The van der Waals surface area contributed by atoms with Gasteiger partial charge in [-0.1, -0.05) is 30.0 Å². The lowest BCUT2D eigenvalue weighted by Gasteiger charge is -2.20. The summed E-state index contributed by atoms with van der Waals surface area (Å²) >= 11 is 1.56. The van der Waals surface area contributed by atoms with Crippen molar-refractivity contribution in [1.29, 1.82) is 0 Å². The van der Waals surface area contributed by atoms with Crippen LogP contribution in [0.4, 0.5) is 5.69 Å². The SMILES string of the molecule is Cc1nc2n(c(=O)c1C)C(CC(=O)N1CCc3ccccc31)CS2. The first-order chi connectivity index (χ1) is 11.6. The second-order valence-electron chi connectivity index (χ2n) is 6.37. The molecule has 6 heteroatoms. The van der Waals surface area contributed by atoms with Crippen molar-refractivity contribution < 1.29 is 4.79 Å². The van der Waals surface area contributed by atoms with E-state index in [0.29, 0.717) is 12.0 Å². The molecule has 0 fully saturated rings. The Labute approximate surface area is 144 Å². The van der Waals surface area contributed by atoms with E-state index in [9.17, 15) is 9.59 Å². The minimum absolute atomic E-state index is 0.0119. The van der Waals surface area contributed by atoms with Crippen LogP contribution in [-0.2, 0) is 11.2 Å². The van der Waals surface area contributed by atoms with Crippen molar-refractivity contribution in [3.8, 4) is 0 Å². The standard InChI is InChI=1S/C18H19N3O2S/c1-11-12(2)19-18-21(17(11)23)14(10-24-18)9-16(22)20-8-7-13-5-3-4-6-15(13)20/h3-6,14H,7-10H2,1-2H3. The molecule has 2 aliphatic rings. The zero-order valence-corrected chi connectivity index (χ0v) is 14.6. The first-order valence-electron chi connectivity index (χ1n) is 8.17. The number of hydrogen-bond acceptors (Lipinski definition) is 4. The molecule has 0 saturated heterocycles. The number of amides is 1. The van der Waals surface area contributed by atoms with Crippen molar-refractivity contribution in [3.05, 3.63) is 51.4 Å². The highest BCUT2D eigenvalue weighted by molar-refractivity contribution is 7.99. The second-order valence-corrected chi connectivity index (χ2v) is 7.36. The number of aromatic nitrogens is 2. The third-order valence-corrected chi connectivity index (χ3v) is 6.02. The molecular formula is C18H19N3O2S. The van der Waals surface area contributed by atoms with Crippen LogP contribution in [0, 0.1) is 13.8 Å². The minimum atomic E-state index is -0.107. The zero-order chi connectivity index (χ0) is 16.8. The average Bonchev–Trinajstić information content (AvgIpc) is 3.17. The fraction of sp³-hybridized carbons (Fsp3) is 0.389. The lowest BCUT2D eigenvalue weighted by atomic mass is 10.1. The molecule has 1 aromatic carbocycles. The molecule has 2 aliphatic heterocycles. The third-order valence-electron chi connectivity index (χ3n) is 4.92. The fourth-order valence-electron chi connectivity index (χ4n) is 3.43. The lowest BCUT2D eigenvalue weighted by Crippen LogP contribution is -2.34. The maximum Gasteiger partial charge on any atom is 0.257 e. The van der Waals surface area contributed by atoms with E-state index in [2.05, 4.69) is 11.1 Å². The van der Waals surface area contributed by atoms with E-state index in [1.54, 1.807) is 23.3 Å². The van der Waals surface area contributed by atoms with Crippen LogP contribution in [0.5, 0.6) is 0 Å². The normalized spacial score (nSPS) is 18.6. The number of carbonyl (C=O) groups excluding carboxylic acids is 1. The van der Waals surface area contributed by atoms with E-state index in [4.69, 9.17) is 0 Å². The summed E-state index contributed by atoms with van der Waals surface area (Å²) in [6.07, 6.45) is 1.25. The molecule has 0 saturated carbocycles. The van der Waals surface area contributed by atoms with Gasteiger partial charge >= 0.3 is 0 Å². The average molecular weight is 341 g/mol. The molecule has 1 aromatic heterocycles. The summed E-state index contributed by atoms with van der Waals surface area (Å²) in [4.78, 5) is 31.8. The maximum absolute atomic E-state index is 12.8. The van der Waals surface area contributed by atoms with Gasteiger partial charge in [-0.15, -0.1) is 0 Å². The Kier molecular flexibility index (Phi) is 3.72. The van der Waals surface area contributed by atoms with Gasteiger partial charge in [-0.25, -0.2) is 4.98 Å². The van der Waals surface area contributed by atoms with Gasteiger partial charge in [0.25, 0.3) is 5.56 Å². The van der Waals surface area contributed by atoms with E-state index in [0.717, 1.165) is 35.3 Å². The Morgan fingerprint density at radius 1 is 1.33 bits per heavy atom. The number of benzene rings is 1. The van der Waals surface area contributed by atoms with Gasteiger partial charge in [0.05, 0.1) is 6.04 Å². The molecule has 0 radical (unpaired) electrons. The number of rotatable bonds is 2. The maximum atomic E-state index is 12.8. The topological polar surface area (TPSA) is 55.2 Å². The molecule has 4 rings (SSSR count). The largest absolute Gasteiger partial charge is 0.312 e. The van der Waals surface area contributed by atoms with Gasteiger partial charge in [-0.05, 0) is 31.9 Å². The number of hydrogen-bond donors (Lipinski definition) is 0. The van der Waals surface area contributed by atoms with E-state index in [1.807, 2.05) is 30.0 Å². The monoisotopic (exact) mass is 341 g/mol. The highest BCUT2D eigenvalue weighted by Gasteiger charge is 2.32. The molecule has 0 spiro atoms. The van der Waals surface area contributed by atoms with E-state index in [-0.39, 0.29) is 17.5 Å². The number of fused-ring (bicyclic) bond motifs is 2. The van der Waals surface area contributed by atoms with Crippen molar-refractivity contribution in [3.63, 3.8) is 0 Å². The predicted molar refractivity (Wildman–Crippen MR) is 94.8 cm³/mol. The molecule has 124 valence electrons. The molecule has 1 atom stereocenters. The summed E-state index contributed by atoms with van der Waals surface area (Å²) in [6, 6.07) is 7.94. The molecule has 1 amide bonds. The van der Waals surface area contributed by atoms with Crippen molar-refractivity contribution in [2.24, 2.45) is 0 Å². The van der Waals surface area contributed by atoms with Gasteiger partial charge in [0, 0.05) is 35.7 Å². The van der Waals surface area contributed by atoms with Crippen LogP contribution in [0.3, 0.4) is 0 Å². The molecule has 0 bridgehead atoms. The number of thioether (sulfide) groups is 1. The summed E-state index contributed by atoms with van der Waals surface area (Å²) in [5.74, 6) is 0.815. The van der Waals surface area contributed by atoms with Gasteiger partial charge in [-0.2, -0.15) is 0 Å². The van der Waals surface area contributed by atoms with Crippen molar-refractivity contribution >= 4 is 23.4 Å². The highest BCUT2D eigenvalue weighted by atomic mass is 32.2. The summed E-state index contributed by atoms with van der Waals surface area (Å²) in [5, 5.41) is 0.739. The summed E-state index contributed by atoms with van der Waals surface area (Å²) in [5.41, 5.74) is 3.67. The minimum Gasteiger partial charge on any atom is -0.312 e. The summed E-state index contributed by atoms with van der Waals surface area (Å²) in [7, 11) is 0. The molecule has 1 unspecified atom stereocenters. The van der Waals surface area contributed by atoms with Crippen LogP contribution in [0.2, 0.25) is 0 Å². The van der Waals surface area contributed by atoms with E-state index in [1.165, 1.54) is 5.56 Å². The quantitative estimate of drug-likeness (QED) is 0.788. The van der Waals surface area contributed by atoms with E-state index >= 15 is 0 Å². The Bertz CT molecular complexity index is 890. The van der Waals surface area contributed by atoms with Crippen molar-refractivity contribution in [1.82, 2.24) is 9.55 Å². The molecule has 24 heavy (non-hydrogen) atoms. The lowest BCUT2D eigenvalue weighted by molar-refractivity contribution is -0.119. The number of carbonyl (C=O) groups is 1. The molecule has 5 nitrogen and oxygen atoms in total. The molecular weight excluding hydrogens is 322 g/mol. The third kappa shape index (κ3) is 2.36. The Morgan fingerprint density at radius 2 is 2.12 bits per heavy atom. The smallest absolute Gasteiger partial charge is 0.257 e. The Hall–Kier alpha value is -2.08. The summed E-state index contributed by atoms with van der Waals surface area (Å²) < 4.78 is 1.72. The van der Waals surface area contributed by atoms with Crippen LogP contribution in [-0.4, -0.2) is 27.8 Å². The zero-order valence-electron chi connectivity index (χ0n) is 13.8. The van der Waals surface area contributed by atoms with Crippen LogP contribution in [0.1, 0.15) is 29.3 Å². The molecule has 0 N–H and O–H groups in total. The number of nitrogens with zero attached hydrogens (tertiary/aromatic N) is 3. The van der Waals surface area contributed by atoms with Crippen LogP contribution in [0.25, 0.3) is 0 Å². The Morgan fingerprint density at radius 3 is 2.96 bits per heavy atom. The first-order valence-corrected chi connectivity index (χ1v) is 9.15. The fourth-order valence-corrected chi connectivity index (χ4v) is 4.61. The van der Waals surface area contributed by atoms with Crippen LogP contribution in [0.15, 0.2) is 34.2 Å². The predicted octanol–water partition coefficient (Wildman–Crippen LogP) is 2.49. The number of para-hydroxylation sites is 1. The molecule has 2 aromatic rings. The highest BCUT2D eigenvalue weighted by Crippen LogP contribution is 2.34. The molecule has 3 heterocycles. The molecule has 0 aliphatic carbocycles. The number of anilines is 1. The van der Waals surface area contributed by atoms with Gasteiger partial charge in [0.1, 0.15) is 0 Å². The summed E-state index contributed by atoms with van der Waals surface area (Å²) in [6.45, 7) is 4.39. The van der Waals surface area contributed by atoms with Gasteiger partial charge < -0.3 is 4.90 Å². The van der Waals surface area contributed by atoms with Gasteiger partial charge in [-0.3, -0.25) is 14.2 Å². The van der Waals surface area contributed by atoms with Gasteiger partial charge in [0.15, 0.2) is 5.16 Å². The van der Waals surface area contributed by atoms with Gasteiger partial charge in [0.2, 0.25) is 5.91 Å². The van der Waals surface area contributed by atoms with Crippen LogP contribution >= 0.6 is 11.8 Å². The van der Waals surface area contributed by atoms with Crippen LogP contribution < -0.4 is 10.5 Å².